The Bertz CT molecular complexity index is 1360. The molecule has 0 saturated carbocycles. The molecular weight excluding hydrogens is 468 g/mol. The Morgan fingerprint density at radius 3 is 2.35 bits per heavy atom. The number of hydrogen-bond donors (Lipinski definition) is 2. The molecule has 8 nitrogen and oxygen atoms in total. The molecule has 2 fully saturated rings. The normalized spacial score (nSPS) is 19.7. The summed E-state index contributed by atoms with van der Waals surface area (Å²) in [5.41, 5.74) is 0.857. The summed E-state index contributed by atoms with van der Waals surface area (Å²) < 4.78 is 0. The smallest absolute Gasteiger partial charge is 0.325 e. The molecule has 0 radical (unpaired) electrons. The first-order chi connectivity index (χ1) is 17.8. The first-order valence-corrected chi connectivity index (χ1v) is 12.6. The van der Waals surface area contributed by atoms with Gasteiger partial charge in [0, 0.05) is 25.2 Å². The number of carbonyl (C=O) groups is 4. The molecule has 3 aromatic rings. The molecule has 8 heteroatoms. The van der Waals surface area contributed by atoms with E-state index in [9.17, 15) is 19.2 Å². The van der Waals surface area contributed by atoms with Gasteiger partial charge in [0.15, 0.2) is 0 Å². The van der Waals surface area contributed by atoms with E-state index in [2.05, 4.69) is 10.6 Å². The van der Waals surface area contributed by atoms with E-state index in [0.29, 0.717) is 11.1 Å². The summed E-state index contributed by atoms with van der Waals surface area (Å²) in [5.74, 6) is -0.883. The van der Waals surface area contributed by atoms with Crippen molar-refractivity contribution in [2.75, 3.05) is 19.6 Å². The summed E-state index contributed by atoms with van der Waals surface area (Å²) in [6.45, 7) is 3.09. The summed E-state index contributed by atoms with van der Waals surface area (Å²) in [6.07, 6.45) is 3.24. The van der Waals surface area contributed by atoms with Crippen LogP contribution >= 0.6 is 0 Å². The van der Waals surface area contributed by atoms with E-state index in [4.69, 9.17) is 0 Å². The number of rotatable bonds is 6. The third-order valence-electron chi connectivity index (χ3n) is 7.24. The van der Waals surface area contributed by atoms with Gasteiger partial charge in [0.2, 0.25) is 5.91 Å². The van der Waals surface area contributed by atoms with Crippen LogP contribution in [-0.2, 0) is 21.7 Å². The van der Waals surface area contributed by atoms with Crippen LogP contribution in [0.1, 0.15) is 47.7 Å². The number of hydrogen-bond acceptors (Lipinski definition) is 4. The van der Waals surface area contributed by atoms with Crippen molar-refractivity contribution < 1.29 is 19.2 Å². The number of piperidine rings is 1. The molecule has 2 aliphatic heterocycles. The van der Waals surface area contributed by atoms with Crippen LogP contribution in [0.4, 0.5) is 4.79 Å². The Balaban J connectivity index is 1.19. The minimum absolute atomic E-state index is 0.0308. The number of nitrogens with one attached hydrogen (secondary N) is 2. The van der Waals surface area contributed by atoms with E-state index in [1.165, 1.54) is 0 Å². The van der Waals surface area contributed by atoms with Gasteiger partial charge >= 0.3 is 6.03 Å². The van der Waals surface area contributed by atoms with E-state index < -0.39 is 23.4 Å². The van der Waals surface area contributed by atoms with Crippen molar-refractivity contribution in [3.63, 3.8) is 0 Å². The molecule has 190 valence electrons. The van der Waals surface area contributed by atoms with Gasteiger partial charge in [0.1, 0.15) is 12.1 Å². The number of amides is 5. The van der Waals surface area contributed by atoms with Gasteiger partial charge in [0.05, 0.1) is 0 Å². The molecule has 1 unspecified atom stereocenters. The van der Waals surface area contributed by atoms with Gasteiger partial charge in [-0.2, -0.15) is 0 Å². The minimum atomic E-state index is -1.25. The van der Waals surface area contributed by atoms with Crippen molar-refractivity contribution in [1.82, 2.24) is 20.4 Å². The molecule has 0 bridgehead atoms. The first kappa shape index (κ1) is 24.5. The zero-order valence-electron chi connectivity index (χ0n) is 20.8. The fourth-order valence-electron chi connectivity index (χ4n) is 4.98. The molecule has 2 heterocycles. The number of likely N-dealkylation sites (tertiary alicyclic amines) is 1. The van der Waals surface area contributed by atoms with Crippen LogP contribution in [0.25, 0.3) is 10.8 Å². The highest BCUT2D eigenvalue weighted by Crippen LogP contribution is 2.31. The van der Waals surface area contributed by atoms with E-state index in [1.807, 2.05) is 59.5 Å². The molecule has 1 atom stereocenters. The van der Waals surface area contributed by atoms with Gasteiger partial charge in [-0.05, 0) is 66.3 Å². The molecule has 5 amide bonds. The SMILES string of the molecule is CC1(c2ccc3ccccc3c2)NC(=O)N(CC(=O)NCc2ccc(C(=O)N3CCCCC3)cc2)C1=O. The Morgan fingerprint density at radius 1 is 0.919 bits per heavy atom. The molecule has 2 saturated heterocycles. The number of urea groups is 1. The molecule has 2 N–H and O–H groups in total. The Labute approximate surface area is 215 Å². The predicted octanol–water partition coefficient (Wildman–Crippen LogP) is 3.55. The third kappa shape index (κ3) is 4.91. The highest BCUT2D eigenvalue weighted by Gasteiger charge is 2.49. The minimum Gasteiger partial charge on any atom is -0.350 e. The van der Waals surface area contributed by atoms with Crippen LogP contribution in [0.2, 0.25) is 0 Å². The molecule has 0 aliphatic carbocycles. The second-order valence-electron chi connectivity index (χ2n) is 9.83. The summed E-state index contributed by atoms with van der Waals surface area (Å²) in [7, 11) is 0. The lowest BCUT2D eigenvalue weighted by Gasteiger charge is -2.26. The number of imide groups is 1. The zero-order chi connectivity index (χ0) is 26.0. The van der Waals surface area contributed by atoms with Crippen molar-refractivity contribution in [2.24, 2.45) is 0 Å². The van der Waals surface area contributed by atoms with Crippen LogP contribution in [0.15, 0.2) is 66.7 Å². The number of carbonyl (C=O) groups excluding carboxylic acids is 4. The van der Waals surface area contributed by atoms with Gasteiger partial charge in [-0.25, -0.2) is 4.79 Å². The zero-order valence-corrected chi connectivity index (χ0v) is 20.8. The molecule has 0 aromatic heterocycles. The summed E-state index contributed by atoms with van der Waals surface area (Å²) in [5, 5.41) is 7.51. The Hall–Kier alpha value is -4.20. The van der Waals surface area contributed by atoms with Crippen molar-refractivity contribution in [1.29, 1.82) is 0 Å². The maximum atomic E-state index is 13.2. The molecule has 5 rings (SSSR count). The molecule has 37 heavy (non-hydrogen) atoms. The predicted molar refractivity (Wildman–Crippen MR) is 140 cm³/mol. The van der Waals surface area contributed by atoms with Crippen molar-refractivity contribution >= 4 is 34.5 Å². The van der Waals surface area contributed by atoms with Gasteiger partial charge in [-0.1, -0.05) is 48.5 Å². The average Bonchev–Trinajstić information content (AvgIpc) is 3.15. The Morgan fingerprint density at radius 2 is 1.62 bits per heavy atom. The standard InChI is InChI=1S/C29H30N4O4/c1-29(24-14-13-21-7-3-4-8-23(21)17-24)27(36)33(28(37)31-29)19-25(34)30-18-20-9-11-22(12-10-20)26(35)32-15-5-2-6-16-32/h3-4,7-14,17H,2,5-6,15-16,18-19H2,1H3,(H,30,34)(H,31,37). The van der Waals surface area contributed by atoms with E-state index >= 15 is 0 Å². The summed E-state index contributed by atoms with van der Waals surface area (Å²) in [4.78, 5) is 54.0. The number of fused-ring (bicyclic) bond motifs is 1. The van der Waals surface area contributed by atoms with Gasteiger partial charge < -0.3 is 15.5 Å². The van der Waals surface area contributed by atoms with Crippen LogP contribution in [-0.4, -0.2) is 53.2 Å². The van der Waals surface area contributed by atoms with Crippen molar-refractivity contribution in [3.8, 4) is 0 Å². The molecule has 3 aromatic carbocycles. The van der Waals surface area contributed by atoms with Gasteiger partial charge in [0.25, 0.3) is 11.8 Å². The van der Waals surface area contributed by atoms with Gasteiger partial charge in [-0.15, -0.1) is 0 Å². The fourth-order valence-corrected chi connectivity index (χ4v) is 4.98. The average molecular weight is 499 g/mol. The second kappa shape index (κ2) is 10.0. The number of nitrogens with zero attached hydrogens (tertiary/aromatic N) is 2. The maximum Gasteiger partial charge on any atom is 0.325 e. The lowest BCUT2D eigenvalue weighted by atomic mass is 9.90. The lowest BCUT2D eigenvalue weighted by Crippen LogP contribution is -2.43. The molecule has 0 spiro atoms. The molecule has 2 aliphatic rings. The Kier molecular flexibility index (Phi) is 6.65. The van der Waals surface area contributed by atoms with Crippen LogP contribution < -0.4 is 10.6 Å². The monoisotopic (exact) mass is 498 g/mol. The van der Waals surface area contributed by atoms with Crippen LogP contribution in [0.5, 0.6) is 0 Å². The van der Waals surface area contributed by atoms with Crippen LogP contribution in [0, 0.1) is 0 Å². The fraction of sp³-hybridized carbons (Fsp3) is 0.310. The maximum absolute atomic E-state index is 13.2. The topological polar surface area (TPSA) is 98.8 Å². The highest BCUT2D eigenvalue weighted by molar-refractivity contribution is 6.09. The second-order valence-corrected chi connectivity index (χ2v) is 9.83. The lowest BCUT2D eigenvalue weighted by molar-refractivity contribution is -0.134. The first-order valence-electron chi connectivity index (χ1n) is 12.6. The van der Waals surface area contributed by atoms with E-state index in [-0.39, 0.29) is 19.0 Å². The van der Waals surface area contributed by atoms with E-state index in [1.54, 1.807) is 19.1 Å². The quantitative estimate of drug-likeness (QED) is 0.508. The van der Waals surface area contributed by atoms with Gasteiger partial charge in [-0.3, -0.25) is 19.3 Å². The molecular formula is C29H30N4O4. The van der Waals surface area contributed by atoms with Crippen molar-refractivity contribution in [2.45, 2.75) is 38.3 Å². The number of benzene rings is 3. The van der Waals surface area contributed by atoms with E-state index in [0.717, 1.165) is 53.6 Å². The summed E-state index contributed by atoms with van der Waals surface area (Å²) >= 11 is 0. The largest absolute Gasteiger partial charge is 0.350 e. The van der Waals surface area contributed by atoms with Crippen LogP contribution in [0.3, 0.4) is 0 Å². The summed E-state index contributed by atoms with van der Waals surface area (Å²) in [6, 6.07) is 20.0. The van der Waals surface area contributed by atoms with Crippen molar-refractivity contribution in [3.05, 3.63) is 83.4 Å². The third-order valence-corrected chi connectivity index (χ3v) is 7.24. The highest BCUT2D eigenvalue weighted by atomic mass is 16.2.